The molecule has 0 amide bonds. The molecule has 0 spiro atoms. The van der Waals surface area contributed by atoms with E-state index in [1.165, 1.54) is 0 Å². The molecule has 33 heavy (non-hydrogen) atoms. The van der Waals surface area contributed by atoms with Crippen LogP contribution in [0.5, 0.6) is 0 Å². The van der Waals surface area contributed by atoms with E-state index in [0.717, 1.165) is 6.08 Å². The van der Waals surface area contributed by atoms with Gasteiger partial charge >= 0.3 is 11.9 Å². The number of aliphatic carboxylic acids is 1. The summed E-state index contributed by atoms with van der Waals surface area (Å²) in [5.41, 5.74) is 0. The van der Waals surface area contributed by atoms with Crippen LogP contribution in [0.4, 0.5) is 0 Å². The Kier molecular flexibility index (Phi) is 25.3. The van der Waals surface area contributed by atoms with Crippen molar-refractivity contribution in [2.24, 2.45) is 0 Å². The molecule has 0 aromatic rings. The summed E-state index contributed by atoms with van der Waals surface area (Å²) < 4.78 is 46.8. The van der Waals surface area contributed by atoms with Gasteiger partial charge in [0, 0.05) is 6.08 Å². The van der Waals surface area contributed by atoms with Crippen LogP contribution in [0.15, 0.2) is 12.7 Å². The highest BCUT2D eigenvalue weighted by Crippen LogP contribution is 1.86. The molecule has 0 aromatic carbocycles. The Morgan fingerprint density at radius 1 is 0.515 bits per heavy atom. The Bertz CT molecular complexity index is 461. The number of rotatable bonds is 27. The van der Waals surface area contributed by atoms with Gasteiger partial charge in [-0.2, -0.15) is 0 Å². The molecule has 0 saturated heterocycles. The molecule has 0 fully saturated rings. The van der Waals surface area contributed by atoms with E-state index in [4.69, 9.17) is 47.7 Å². The van der Waals surface area contributed by atoms with Crippen molar-refractivity contribution in [1.29, 1.82) is 0 Å². The van der Waals surface area contributed by atoms with Gasteiger partial charge in [-0.1, -0.05) is 6.58 Å². The smallest absolute Gasteiger partial charge is 0.330 e. The van der Waals surface area contributed by atoms with Crippen LogP contribution < -0.4 is 0 Å². The van der Waals surface area contributed by atoms with Crippen LogP contribution in [0.2, 0.25) is 0 Å². The number of carbonyl (C=O) groups is 2. The molecule has 0 aliphatic carbocycles. The van der Waals surface area contributed by atoms with Crippen molar-refractivity contribution in [2.45, 2.75) is 0 Å². The minimum Gasteiger partial charge on any atom is -0.480 e. The minimum absolute atomic E-state index is 0.193. The summed E-state index contributed by atoms with van der Waals surface area (Å²) in [4.78, 5) is 21.0. The average molecular weight is 483 g/mol. The number of ether oxygens (including phenoxy) is 9. The third-order valence-corrected chi connectivity index (χ3v) is 3.47. The second-order valence-electron chi connectivity index (χ2n) is 6.10. The summed E-state index contributed by atoms with van der Waals surface area (Å²) in [6.45, 7) is 9.47. The second kappa shape index (κ2) is 26.6. The van der Waals surface area contributed by atoms with E-state index in [0.29, 0.717) is 92.5 Å². The summed E-state index contributed by atoms with van der Waals surface area (Å²) in [7, 11) is 0. The van der Waals surface area contributed by atoms with Crippen LogP contribution in [0.3, 0.4) is 0 Å². The monoisotopic (exact) mass is 482 g/mol. The maximum absolute atomic E-state index is 10.8. The fourth-order valence-electron chi connectivity index (χ4n) is 1.96. The van der Waals surface area contributed by atoms with Gasteiger partial charge in [0.1, 0.15) is 13.2 Å². The number of carboxylic acids is 1. The number of carboxylic acid groups (broad SMARTS) is 1. The number of esters is 1. The molecule has 0 radical (unpaired) electrons. The van der Waals surface area contributed by atoms with E-state index in [2.05, 4.69) is 6.58 Å². The highest BCUT2D eigenvalue weighted by atomic mass is 16.6. The largest absolute Gasteiger partial charge is 0.480 e. The van der Waals surface area contributed by atoms with Crippen molar-refractivity contribution in [3.63, 3.8) is 0 Å². The van der Waals surface area contributed by atoms with Crippen molar-refractivity contribution < 1.29 is 57.3 Å². The van der Waals surface area contributed by atoms with E-state index in [1.807, 2.05) is 0 Å². The summed E-state index contributed by atoms with van der Waals surface area (Å²) in [6.07, 6.45) is 1.11. The molecule has 0 atom stereocenters. The summed E-state index contributed by atoms with van der Waals surface area (Å²) in [6, 6.07) is 0. The van der Waals surface area contributed by atoms with Crippen molar-refractivity contribution in [1.82, 2.24) is 0 Å². The molecule has 0 rings (SSSR count). The lowest BCUT2D eigenvalue weighted by atomic mass is 10.6. The molecular formula is C21H38O12. The van der Waals surface area contributed by atoms with E-state index in [-0.39, 0.29) is 19.8 Å². The van der Waals surface area contributed by atoms with Gasteiger partial charge in [0.25, 0.3) is 0 Å². The van der Waals surface area contributed by atoms with E-state index in [9.17, 15) is 9.59 Å². The summed E-state index contributed by atoms with van der Waals surface area (Å²) >= 11 is 0. The van der Waals surface area contributed by atoms with Crippen molar-refractivity contribution in [2.75, 3.05) is 112 Å². The summed E-state index contributed by atoms with van der Waals surface area (Å²) in [5.74, 6) is -1.46. The van der Waals surface area contributed by atoms with Crippen LogP contribution in [-0.4, -0.2) is 129 Å². The number of hydrogen-bond donors (Lipinski definition) is 1. The van der Waals surface area contributed by atoms with Gasteiger partial charge < -0.3 is 47.7 Å². The zero-order chi connectivity index (χ0) is 24.2. The first-order chi connectivity index (χ1) is 16.2. The van der Waals surface area contributed by atoms with Crippen LogP contribution in [0, 0.1) is 0 Å². The molecule has 0 heterocycles. The Balaban J connectivity index is 3.04. The van der Waals surface area contributed by atoms with Gasteiger partial charge in [0.15, 0.2) is 0 Å². The fourth-order valence-corrected chi connectivity index (χ4v) is 1.96. The third kappa shape index (κ3) is 28.3. The lowest BCUT2D eigenvalue weighted by molar-refractivity contribution is -0.143. The molecule has 0 aromatic heterocycles. The molecule has 0 unspecified atom stereocenters. The first kappa shape index (κ1) is 31.4. The van der Waals surface area contributed by atoms with Gasteiger partial charge in [0.2, 0.25) is 0 Å². The van der Waals surface area contributed by atoms with Gasteiger partial charge in [0.05, 0.1) is 99.1 Å². The zero-order valence-electron chi connectivity index (χ0n) is 19.2. The van der Waals surface area contributed by atoms with Crippen LogP contribution in [0.1, 0.15) is 0 Å². The molecular weight excluding hydrogens is 444 g/mol. The predicted octanol–water partition coefficient (Wildman–Crippen LogP) is -0.0670. The molecule has 12 nitrogen and oxygen atoms in total. The Morgan fingerprint density at radius 2 is 0.788 bits per heavy atom. The SMILES string of the molecule is C=CC(=O)OCCOCCOCCOCCOCCOCCOCCOCCOCC(=O)O. The molecule has 1 N–H and O–H groups in total. The molecule has 12 heteroatoms. The maximum Gasteiger partial charge on any atom is 0.330 e. The lowest BCUT2D eigenvalue weighted by Crippen LogP contribution is -2.15. The zero-order valence-corrected chi connectivity index (χ0v) is 19.2. The Labute approximate surface area is 194 Å². The molecule has 0 aliphatic heterocycles. The average Bonchev–Trinajstić information content (AvgIpc) is 2.80. The topological polar surface area (TPSA) is 137 Å². The number of carbonyl (C=O) groups excluding carboxylic acids is 1. The normalized spacial score (nSPS) is 10.9. The quantitative estimate of drug-likeness (QED) is 0.0953. The number of hydrogen-bond acceptors (Lipinski definition) is 11. The van der Waals surface area contributed by atoms with E-state index >= 15 is 0 Å². The van der Waals surface area contributed by atoms with Crippen LogP contribution >= 0.6 is 0 Å². The Morgan fingerprint density at radius 3 is 1.06 bits per heavy atom. The van der Waals surface area contributed by atoms with Gasteiger partial charge in [-0.05, 0) is 0 Å². The summed E-state index contributed by atoms with van der Waals surface area (Å²) in [5, 5.41) is 8.38. The first-order valence-electron chi connectivity index (χ1n) is 10.8. The second-order valence-corrected chi connectivity index (χ2v) is 6.10. The minimum atomic E-state index is -0.999. The van der Waals surface area contributed by atoms with Gasteiger partial charge in [-0.25, -0.2) is 9.59 Å². The van der Waals surface area contributed by atoms with Crippen LogP contribution in [0.25, 0.3) is 0 Å². The molecule has 0 bridgehead atoms. The highest BCUT2D eigenvalue weighted by molar-refractivity contribution is 5.81. The van der Waals surface area contributed by atoms with Crippen molar-refractivity contribution >= 4 is 11.9 Å². The van der Waals surface area contributed by atoms with E-state index in [1.54, 1.807) is 0 Å². The Hall–Kier alpha value is -1.64. The molecule has 0 saturated carbocycles. The first-order valence-corrected chi connectivity index (χ1v) is 10.8. The van der Waals surface area contributed by atoms with Gasteiger partial charge in [-0.3, -0.25) is 0 Å². The highest BCUT2D eigenvalue weighted by Gasteiger charge is 1.97. The van der Waals surface area contributed by atoms with Crippen molar-refractivity contribution in [3.8, 4) is 0 Å². The molecule has 0 aliphatic rings. The predicted molar refractivity (Wildman–Crippen MR) is 115 cm³/mol. The van der Waals surface area contributed by atoms with Crippen molar-refractivity contribution in [3.05, 3.63) is 12.7 Å². The third-order valence-electron chi connectivity index (χ3n) is 3.47. The van der Waals surface area contributed by atoms with Gasteiger partial charge in [-0.15, -0.1) is 0 Å². The maximum atomic E-state index is 10.8. The molecule has 194 valence electrons. The lowest BCUT2D eigenvalue weighted by Gasteiger charge is -2.08. The standard InChI is InChI=1S/C21H38O12/c1-2-21(24)33-18-17-31-14-13-29-10-9-27-6-5-25-3-4-26-7-8-28-11-12-30-15-16-32-19-20(22)23/h2H,1,3-19H2,(H,22,23). The van der Waals surface area contributed by atoms with Crippen LogP contribution in [-0.2, 0) is 52.2 Å². The fraction of sp³-hybridized carbons (Fsp3) is 0.810. The van der Waals surface area contributed by atoms with E-state index < -0.39 is 11.9 Å².